The van der Waals surface area contributed by atoms with Gasteiger partial charge < -0.3 is 14.4 Å². The molecule has 0 fully saturated rings. The number of carbonyl (C=O) groups is 1. The predicted octanol–water partition coefficient (Wildman–Crippen LogP) is 2.80. The van der Waals surface area contributed by atoms with Gasteiger partial charge in [-0.15, -0.1) is 0 Å². The number of hydrogen-bond acceptors (Lipinski definition) is 6. The Bertz CT molecular complexity index is 863. The second-order valence-corrected chi connectivity index (χ2v) is 6.51. The molecule has 0 aliphatic carbocycles. The van der Waals surface area contributed by atoms with Gasteiger partial charge in [-0.1, -0.05) is 11.8 Å². The zero-order chi connectivity index (χ0) is 18.4. The summed E-state index contributed by atoms with van der Waals surface area (Å²) in [6, 6.07) is 10.9. The van der Waals surface area contributed by atoms with Crippen LogP contribution in [0.3, 0.4) is 0 Å². The lowest BCUT2D eigenvalue weighted by atomic mass is 10.1. The molecule has 26 heavy (non-hydrogen) atoms. The highest BCUT2D eigenvalue weighted by Crippen LogP contribution is 2.22. The molecule has 7 heteroatoms. The van der Waals surface area contributed by atoms with Crippen molar-refractivity contribution in [3.8, 4) is 5.75 Å². The highest BCUT2D eigenvalue weighted by atomic mass is 32.2. The first-order valence-electron chi connectivity index (χ1n) is 8.05. The number of ether oxygens (including phenoxy) is 1. The van der Waals surface area contributed by atoms with Gasteiger partial charge in [0, 0.05) is 18.0 Å². The number of aliphatic hydroxyl groups is 1. The van der Waals surface area contributed by atoms with Crippen LogP contribution in [-0.4, -0.2) is 38.3 Å². The minimum Gasteiger partial charge on any atom is -0.497 e. The first kappa shape index (κ1) is 18.2. The number of methoxy groups -OCH3 is 1. The normalized spacial score (nSPS) is 10.7. The molecule has 0 spiro atoms. The number of carbonyl (C=O) groups excluding carboxylic acids is 1. The van der Waals surface area contributed by atoms with Crippen molar-refractivity contribution in [2.45, 2.75) is 18.3 Å². The van der Waals surface area contributed by atoms with Crippen molar-refractivity contribution >= 4 is 17.5 Å². The standard InChI is InChI=1S/C19H19N3O3S/c1-25-17-4-2-15(3-5-17)18(24)13-26-19-21-10-16(12-23)22(19)11-14-6-8-20-9-7-14/h2-10,23H,11-13H2,1H3. The summed E-state index contributed by atoms with van der Waals surface area (Å²) in [6.07, 6.45) is 5.09. The third-order valence-corrected chi connectivity index (χ3v) is 4.89. The number of aromatic nitrogens is 3. The van der Waals surface area contributed by atoms with Gasteiger partial charge in [-0.25, -0.2) is 4.98 Å². The summed E-state index contributed by atoms with van der Waals surface area (Å²) in [5, 5.41) is 10.3. The van der Waals surface area contributed by atoms with E-state index in [1.165, 1.54) is 11.8 Å². The number of aliphatic hydroxyl groups excluding tert-OH is 1. The van der Waals surface area contributed by atoms with Crippen LogP contribution in [-0.2, 0) is 13.2 Å². The number of hydrogen-bond donors (Lipinski definition) is 1. The van der Waals surface area contributed by atoms with Gasteiger partial charge in [0.05, 0.1) is 37.9 Å². The highest BCUT2D eigenvalue weighted by Gasteiger charge is 2.13. The molecule has 0 aliphatic rings. The molecule has 0 atom stereocenters. The Balaban J connectivity index is 1.71. The molecular weight excluding hydrogens is 350 g/mol. The summed E-state index contributed by atoms with van der Waals surface area (Å²) >= 11 is 1.36. The van der Waals surface area contributed by atoms with Crippen molar-refractivity contribution in [1.82, 2.24) is 14.5 Å². The van der Waals surface area contributed by atoms with Crippen molar-refractivity contribution in [2.75, 3.05) is 12.9 Å². The van der Waals surface area contributed by atoms with Gasteiger partial charge >= 0.3 is 0 Å². The first-order valence-corrected chi connectivity index (χ1v) is 9.04. The number of ketones is 1. The Morgan fingerprint density at radius 2 is 1.92 bits per heavy atom. The van der Waals surface area contributed by atoms with Gasteiger partial charge in [0.1, 0.15) is 5.75 Å². The average molecular weight is 369 g/mol. The van der Waals surface area contributed by atoms with Gasteiger partial charge in [-0.05, 0) is 42.0 Å². The second kappa shape index (κ2) is 8.64. The summed E-state index contributed by atoms with van der Waals surface area (Å²) in [6.45, 7) is 0.461. The van der Waals surface area contributed by atoms with E-state index in [4.69, 9.17) is 4.74 Å². The number of thioether (sulfide) groups is 1. The fourth-order valence-electron chi connectivity index (χ4n) is 2.46. The molecule has 1 aromatic carbocycles. The van der Waals surface area contributed by atoms with Gasteiger partial charge in [0.25, 0.3) is 0 Å². The lowest BCUT2D eigenvalue weighted by Crippen LogP contribution is -2.08. The smallest absolute Gasteiger partial charge is 0.173 e. The van der Waals surface area contributed by atoms with Gasteiger partial charge in [-0.2, -0.15) is 0 Å². The lowest BCUT2D eigenvalue weighted by molar-refractivity contribution is 0.102. The SMILES string of the molecule is COc1ccc(C(=O)CSc2ncc(CO)n2Cc2ccncc2)cc1. The van der Waals surface area contributed by atoms with Crippen molar-refractivity contribution < 1.29 is 14.6 Å². The summed E-state index contributed by atoms with van der Waals surface area (Å²) in [7, 11) is 1.59. The molecule has 0 radical (unpaired) electrons. The molecule has 3 rings (SSSR count). The molecule has 0 saturated heterocycles. The molecule has 0 aliphatic heterocycles. The summed E-state index contributed by atoms with van der Waals surface area (Å²) in [4.78, 5) is 20.8. The van der Waals surface area contributed by atoms with Gasteiger partial charge in [-0.3, -0.25) is 9.78 Å². The topological polar surface area (TPSA) is 77.2 Å². The third-order valence-electron chi connectivity index (χ3n) is 3.90. The zero-order valence-electron chi connectivity index (χ0n) is 14.3. The fraction of sp³-hybridized carbons (Fsp3) is 0.211. The highest BCUT2D eigenvalue weighted by molar-refractivity contribution is 7.99. The quantitative estimate of drug-likeness (QED) is 0.486. The minimum absolute atomic E-state index is 0.0154. The van der Waals surface area contributed by atoms with E-state index in [1.54, 1.807) is 50.0 Å². The molecular formula is C19H19N3O3S. The maximum Gasteiger partial charge on any atom is 0.173 e. The van der Waals surface area contributed by atoms with Crippen LogP contribution in [0.15, 0.2) is 60.1 Å². The molecule has 6 nitrogen and oxygen atoms in total. The van der Waals surface area contributed by atoms with E-state index in [0.717, 1.165) is 11.3 Å². The number of nitrogens with zero attached hydrogens (tertiary/aromatic N) is 3. The van der Waals surface area contributed by atoms with Gasteiger partial charge in [0.15, 0.2) is 10.9 Å². The van der Waals surface area contributed by atoms with Crippen LogP contribution in [0, 0.1) is 0 Å². The molecule has 2 aromatic heterocycles. The Kier molecular flexibility index (Phi) is 6.04. The summed E-state index contributed by atoms with van der Waals surface area (Å²) in [5.41, 5.74) is 2.39. The van der Waals surface area contributed by atoms with Crippen molar-refractivity contribution in [2.24, 2.45) is 0 Å². The molecule has 134 valence electrons. The molecule has 1 N–H and O–H groups in total. The molecule has 0 saturated carbocycles. The minimum atomic E-state index is -0.106. The number of rotatable bonds is 8. The van der Waals surface area contributed by atoms with Crippen LogP contribution < -0.4 is 4.74 Å². The first-order chi connectivity index (χ1) is 12.7. The van der Waals surface area contributed by atoms with Crippen LogP contribution >= 0.6 is 11.8 Å². The zero-order valence-corrected chi connectivity index (χ0v) is 15.1. The summed E-state index contributed by atoms with van der Waals surface area (Å²) in [5.74, 6) is 1.00. The van der Waals surface area contributed by atoms with Crippen LogP contribution in [0.5, 0.6) is 5.75 Å². The van der Waals surface area contributed by atoms with E-state index in [0.29, 0.717) is 23.0 Å². The van der Waals surface area contributed by atoms with Crippen LogP contribution in [0.25, 0.3) is 0 Å². The largest absolute Gasteiger partial charge is 0.497 e. The van der Waals surface area contributed by atoms with E-state index in [2.05, 4.69) is 9.97 Å². The number of benzene rings is 1. The van der Waals surface area contributed by atoms with Crippen LogP contribution in [0.2, 0.25) is 0 Å². The Labute approximate surface area is 155 Å². The number of Topliss-reactive ketones (excluding diaryl/α,β-unsaturated/α-hetero) is 1. The fourth-order valence-corrected chi connectivity index (χ4v) is 3.36. The second-order valence-electron chi connectivity index (χ2n) is 5.57. The maximum absolute atomic E-state index is 12.4. The van der Waals surface area contributed by atoms with Crippen LogP contribution in [0.1, 0.15) is 21.6 Å². The third kappa shape index (κ3) is 4.30. The predicted molar refractivity (Wildman–Crippen MR) is 99.5 cm³/mol. The Morgan fingerprint density at radius 3 is 2.58 bits per heavy atom. The molecule has 2 heterocycles. The van der Waals surface area contributed by atoms with Crippen LogP contribution in [0.4, 0.5) is 0 Å². The number of imidazole rings is 1. The summed E-state index contributed by atoms with van der Waals surface area (Å²) < 4.78 is 7.03. The maximum atomic E-state index is 12.4. The Morgan fingerprint density at radius 1 is 1.19 bits per heavy atom. The van der Waals surface area contributed by atoms with Crippen molar-refractivity contribution in [3.63, 3.8) is 0 Å². The average Bonchev–Trinajstić information content (AvgIpc) is 3.08. The van der Waals surface area contributed by atoms with E-state index in [-0.39, 0.29) is 18.1 Å². The monoisotopic (exact) mass is 369 g/mol. The molecule has 0 bridgehead atoms. The van der Waals surface area contributed by atoms with E-state index in [9.17, 15) is 9.90 Å². The number of pyridine rings is 1. The van der Waals surface area contributed by atoms with E-state index < -0.39 is 0 Å². The van der Waals surface area contributed by atoms with Gasteiger partial charge in [0.2, 0.25) is 0 Å². The Hall–Kier alpha value is -2.64. The molecule has 3 aromatic rings. The van der Waals surface area contributed by atoms with Crippen molar-refractivity contribution in [3.05, 3.63) is 71.8 Å². The molecule has 0 unspecified atom stereocenters. The lowest BCUT2D eigenvalue weighted by Gasteiger charge is -2.10. The van der Waals surface area contributed by atoms with E-state index in [1.807, 2.05) is 16.7 Å². The van der Waals surface area contributed by atoms with E-state index >= 15 is 0 Å². The molecule has 0 amide bonds. The van der Waals surface area contributed by atoms with Crippen molar-refractivity contribution in [1.29, 1.82) is 0 Å².